The number of nitrogens with zero attached hydrogens (tertiary/aromatic N) is 4. The highest BCUT2D eigenvalue weighted by Crippen LogP contribution is 2.39. The first-order valence-corrected chi connectivity index (χ1v) is 17.8. The van der Waals surface area contributed by atoms with Crippen molar-refractivity contribution >= 4 is 53.3 Å². The number of thiophene rings is 1. The SMILES string of the molecule is c1ccc(-c2nc(-c3cc(-c4ccc5sc6ccccc6c5c4)cc(-c4nc(-c5ccccc5)c5ccccc5n4)c3)nc3ccccc23)cc1. The average Bonchev–Trinajstić information content (AvgIpc) is 3.58. The molecule has 7 aromatic carbocycles. The van der Waals surface area contributed by atoms with Gasteiger partial charge in [-0.25, -0.2) is 19.9 Å². The minimum absolute atomic E-state index is 0.654. The van der Waals surface area contributed by atoms with Crippen LogP contribution in [-0.4, -0.2) is 19.9 Å². The van der Waals surface area contributed by atoms with Gasteiger partial charge in [-0.15, -0.1) is 11.3 Å². The van der Waals surface area contributed by atoms with Crippen LogP contribution in [0.4, 0.5) is 0 Å². The van der Waals surface area contributed by atoms with E-state index in [4.69, 9.17) is 19.9 Å². The van der Waals surface area contributed by atoms with Gasteiger partial charge in [0, 0.05) is 53.2 Å². The molecule has 0 amide bonds. The van der Waals surface area contributed by atoms with Crippen molar-refractivity contribution < 1.29 is 0 Å². The Balaban J connectivity index is 1.24. The average molecular weight is 669 g/mol. The summed E-state index contributed by atoms with van der Waals surface area (Å²) in [4.78, 5) is 20.8. The van der Waals surface area contributed by atoms with Gasteiger partial charge in [0.15, 0.2) is 11.6 Å². The van der Waals surface area contributed by atoms with Crippen molar-refractivity contribution in [3.05, 3.63) is 170 Å². The second-order valence-corrected chi connectivity index (χ2v) is 13.7. The van der Waals surface area contributed by atoms with Crippen molar-refractivity contribution in [2.75, 3.05) is 0 Å². The van der Waals surface area contributed by atoms with Gasteiger partial charge in [0.2, 0.25) is 0 Å². The first-order chi connectivity index (χ1) is 25.2. The van der Waals surface area contributed by atoms with Crippen LogP contribution in [-0.2, 0) is 0 Å². The lowest BCUT2D eigenvalue weighted by Gasteiger charge is -2.14. The number of hydrogen-bond donors (Lipinski definition) is 0. The van der Waals surface area contributed by atoms with Gasteiger partial charge < -0.3 is 0 Å². The van der Waals surface area contributed by atoms with Gasteiger partial charge in [-0.1, -0.05) is 121 Å². The topological polar surface area (TPSA) is 51.6 Å². The summed E-state index contributed by atoms with van der Waals surface area (Å²) >= 11 is 1.83. The Hall–Kier alpha value is -6.56. The highest BCUT2D eigenvalue weighted by Gasteiger charge is 2.17. The molecule has 0 aliphatic heterocycles. The van der Waals surface area contributed by atoms with E-state index < -0.39 is 0 Å². The van der Waals surface area contributed by atoms with Crippen molar-refractivity contribution in [2.45, 2.75) is 0 Å². The summed E-state index contributed by atoms with van der Waals surface area (Å²) < 4.78 is 2.56. The van der Waals surface area contributed by atoms with Crippen LogP contribution in [0.2, 0.25) is 0 Å². The van der Waals surface area contributed by atoms with Gasteiger partial charge in [-0.2, -0.15) is 0 Å². The van der Waals surface area contributed by atoms with Crippen molar-refractivity contribution in [2.24, 2.45) is 0 Å². The van der Waals surface area contributed by atoms with Crippen molar-refractivity contribution in [1.82, 2.24) is 19.9 Å². The van der Waals surface area contributed by atoms with Crippen molar-refractivity contribution in [1.29, 1.82) is 0 Å². The quantitative estimate of drug-likeness (QED) is 0.183. The number of hydrogen-bond acceptors (Lipinski definition) is 5. The van der Waals surface area contributed by atoms with Crippen molar-refractivity contribution in [3.8, 4) is 56.4 Å². The van der Waals surface area contributed by atoms with Crippen LogP contribution in [0, 0.1) is 0 Å². The number of rotatable bonds is 5. The molecule has 0 unspecified atom stereocenters. The summed E-state index contributed by atoms with van der Waals surface area (Å²) in [5, 5.41) is 4.56. The number of fused-ring (bicyclic) bond motifs is 5. The Morgan fingerprint density at radius 2 is 0.765 bits per heavy atom. The molecule has 0 aliphatic rings. The predicted molar refractivity (Wildman–Crippen MR) is 213 cm³/mol. The Labute approximate surface area is 298 Å². The van der Waals surface area contributed by atoms with E-state index in [1.165, 1.54) is 20.2 Å². The fraction of sp³-hybridized carbons (Fsp3) is 0. The number of para-hydroxylation sites is 2. The van der Waals surface area contributed by atoms with E-state index >= 15 is 0 Å². The summed E-state index contributed by atoms with van der Waals surface area (Å²) in [5.74, 6) is 1.31. The molecule has 0 spiro atoms. The largest absolute Gasteiger partial charge is 0.228 e. The Bertz CT molecular complexity index is 2780. The summed E-state index contributed by atoms with van der Waals surface area (Å²) in [7, 11) is 0. The maximum absolute atomic E-state index is 5.26. The summed E-state index contributed by atoms with van der Waals surface area (Å²) in [5.41, 5.74) is 9.67. The molecule has 3 heterocycles. The second kappa shape index (κ2) is 12.1. The van der Waals surface area contributed by atoms with Gasteiger partial charge in [0.1, 0.15) is 0 Å². The molecule has 0 aliphatic carbocycles. The Kier molecular flexibility index (Phi) is 6.96. The third-order valence-corrected chi connectivity index (χ3v) is 10.6. The van der Waals surface area contributed by atoms with Crippen molar-refractivity contribution in [3.63, 3.8) is 0 Å². The van der Waals surface area contributed by atoms with Crippen LogP contribution in [0.25, 0.3) is 98.4 Å². The maximum atomic E-state index is 5.26. The molecule has 0 saturated carbocycles. The number of benzene rings is 7. The first kappa shape index (κ1) is 29.4. The molecule has 3 aromatic heterocycles. The molecule has 0 radical (unpaired) electrons. The van der Waals surface area contributed by atoms with E-state index in [0.717, 1.165) is 66.6 Å². The zero-order valence-electron chi connectivity index (χ0n) is 27.4. The minimum Gasteiger partial charge on any atom is -0.228 e. The van der Waals surface area contributed by atoms with E-state index in [1.807, 2.05) is 47.7 Å². The maximum Gasteiger partial charge on any atom is 0.160 e. The number of aromatic nitrogens is 4. The van der Waals surface area contributed by atoms with E-state index in [2.05, 4.69) is 133 Å². The predicted octanol–water partition coefficient (Wildman–Crippen LogP) is 12.3. The zero-order chi connectivity index (χ0) is 33.7. The molecule has 238 valence electrons. The molecule has 0 bridgehead atoms. The van der Waals surface area contributed by atoms with E-state index in [-0.39, 0.29) is 0 Å². The van der Waals surface area contributed by atoms with Gasteiger partial charge in [-0.05, 0) is 59.7 Å². The fourth-order valence-corrected chi connectivity index (χ4v) is 8.09. The third kappa shape index (κ3) is 5.23. The van der Waals surface area contributed by atoms with Gasteiger partial charge in [0.05, 0.1) is 22.4 Å². The lowest BCUT2D eigenvalue weighted by atomic mass is 9.97. The summed E-state index contributed by atoms with van der Waals surface area (Å²) in [6.07, 6.45) is 0. The van der Waals surface area contributed by atoms with E-state index in [9.17, 15) is 0 Å². The van der Waals surface area contributed by atoms with Crippen LogP contribution >= 0.6 is 11.3 Å². The third-order valence-electron chi connectivity index (χ3n) is 9.46. The zero-order valence-corrected chi connectivity index (χ0v) is 28.2. The normalized spacial score (nSPS) is 11.5. The molecule has 0 fully saturated rings. The van der Waals surface area contributed by atoms with Crippen LogP contribution in [0.5, 0.6) is 0 Å². The summed E-state index contributed by atoms with van der Waals surface area (Å²) in [6, 6.07) is 59.1. The molecule has 0 saturated heterocycles. The van der Waals surface area contributed by atoms with Gasteiger partial charge >= 0.3 is 0 Å². The molecule has 0 atom stereocenters. The highest BCUT2D eigenvalue weighted by atomic mass is 32.1. The Morgan fingerprint density at radius 1 is 0.294 bits per heavy atom. The minimum atomic E-state index is 0.654. The molecule has 51 heavy (non-hydrogen) atoms. The van der Waals surface area contributed by atoms with E-state index in [0.29, 0.717) is 11.6 Å². The van der Waals surface area contributed by atoms with Gasteiger partial charge in [-0.3, -0.25) is 0 Å². The van der Waals surface area contributed by atoms with Crippen LogP contribution < -0.4 is 0 Å². The molecule has 5 heteroatoms. The second-order valence-electron chi connectivity index (χ2n) is 12.7. The molecular weight excluding hydrogens is 641 g/mol. The molecular formula is C46H28N4S. The van der Waals surface area contributed by atoms with E-state index in [1.54, 1.807) is 0 Å². The van der Waals surface area contributed by atoms with Crippen LogP contribution in [0.1, 0.15) is 0 Å². The first-order valence-electron chi connectivity index (χ1n) is 17.0. The smallest absolute Gasteiger partial charge is 0.160 e. The van der Waals surface area contributed by atoms with Crippen LogP contribution in [0.3, 0.4) is 0 Å². The fourth-order valence-electron chi connectivity index (χ4n) is 7.00. The van der Waals surface area contributed by atoms with Crippen LogP contribution in [0.15, 0.2) is 170 Å². The highest BCUT2D eigenvalue weighted by molar-refractivity contribution is 7.25. The molecule has 10 rings (SSSR count). The molecule has 4 nitrogen and oxygen atoms in total. The summed E-state index contributed by atoms with van der Waals surface area (Å²) in [6.45, 7) is 0. The lowest BCUT2D eigenvalue weighted by molar-refractivity contribution is 1.21. The Morgan fingerprint density at radius 3 is 1.35 bits per heavy atom. The molecule has 10 aromatic rings. The monoisotopic (exact) mass is 668 g/mol. The molecule has 0 N–H and O–H groups in total. The standard InChI is InChI=1S/C46H28N4S/c1-3-13-29(14-4-1)43-36-18-7-10-20-39(36)47-45(49-43)33-25-32(31-23-24-42-38(28-31)35-17-9-12-22-41(35)51-42)26-34(27-33)46-48-40-21-11-8-19-37(40)44(50-46)30-15-5-2-6-16-30/h1-28H. The lowest BCUT2D eigenvalue weighted by Crippen LogP contribution is -1.98. The van der Waals surface area contributed by atoms with Gasteiger partial charge in [0.25, 0.3) is 0 Å².